The number of hydrogen-bond donors (Lipinski definition) is 0. The fourth-order valence-electron chi connectivity index (χ4n) is 2.77. The van der Waals surface area contributed by atoms with Crippen LogP contribution in [0.15, 0.2) is 12.2 Å². The Bertz CT molecular complexity index is 330. The molecule has 96 valence electrons. The lowest BCUT2D eigenvalue weighted by Gasteiger charge is -2.39. The van der Waals surface area contributed by atoms with E-state index in [-0.39, 0.29) is 11.5 Å². The van der Waals surface area contributed by atoms with Gasteiger partial charge >= 0.3 is 6.09 Å². The summed E-state index contributed by atoms with van der Waals surface area (Å²) in [6.07, 6.45) is 9.04. The van der Waals surface area contributed by atoms with E-state index in [0.717, 1.165) is 25.9 Å². The average Bonchev–Trinajstić information content (AvgIpc) is 2.64. The zero-order valence-corrected chi connectivity index (χ0v) is 11.2. The Morgan fingerprint density at radius 2 is 2.12 bits per heavy atom. The summed E-state index contributed by atoms with van der Waals surface area (Å²) in [6.45, 7) is 7.42. The van der Waals surface area contributed by atoms with Gasteiger partial charge in [-0.2, -0.15) is 0 Å². The first-order valence-electron chi connectivity index (χ1n) is 6.56. The van der Waals surface area contributed by atoms with Crippen LogP contribution in [-0.2, 0) is 4.74 Å². The van der Waals surface area contributed by atoms with Crippen LogP contribution in [0.1, 0.15) is 46.5 Å². The second-order valence-electron chi connectivity index (χ2n) is 6.31. The van der Waals surface area contributed by atoms with Gasteiger partial charge in [-0.1, -0.05) is 12.2 Å². The van der Waals surface area contributed by atoms with Gasteiger partial charge in [-0.3, -0.25) is 0 Å². The Kier molecular flexibility index (Phi) is 3.19. The van der Waals surface area contributed by atoms with Crippen LogP contribution in [0.5, 0.6) is 0 Å². The lowest BCUT2D eigenvalue weighted by Crippen LogP contribution is -2.46. The summed E-state index contributed by atoms with van der Waals surface area (Å²) < 4.78 is 5.44. The fourth-order valence-corrected chi connectivity index (χ4v) is 2.77. The van der Waals surface area contributed by atoms with E-state index in [1.807, 2.05) is 25.7 Å². The topological polar surface area (TPSA) is 29.5 Å². The number of amides is 1. The normalized spacial score (nSPS) is 28.8. The number of carbonyl (C=O) groups excluding carboxylic acids is 1. The van der Waals surface area contributed by atoms with E-state index >= 15 is 0 Å². The minimum absolute atomic E-state index is 0.156. The molecule has 1 saturated heterocycles. The van der Waals surface area contributed by atoms with Gasteiger partial charge in [0.2, 0.25) is 0 Å². The van der Waals surface area contributed by atoms with Gasteiger partial charge in [0.25, 0.3) is 0 Å². The molecule has 1 spiro atoms. The lowest BCUT2D eigenvalue weighted by atomic mass is 9.80. The van der Waals surface area contributed by atoms with E-state index in [9.17, 15) is 4.79 Å². The van der Waals surface area contributed by atoms with Gasteiger partial charge in [0.15, 0.2) is 0 Å². The second kappa shape index (κ2) is 4.35. The minimum atomic E-state index is -0.396. The molecule has 0 bridgehead atoms. The Balaban J connectivity index is 1.98. The quantitative estimate of drug-likeness (QED) is 0.605. The van der Waals surface area contributed by atoms with Gasteiger partial charge in [-0.25, -0.2) is 4.79 Å². The molecule has 0 radical (unpaired) electrons. The molecule has 1 aliphatic heterocycles. The van der Waals surface area contributed by atoms with E-state index in [0.29, 0.717) is 0 Å². The molecule has 0 saturated carbocycles. The fraction of sp³-hybridized carbons (Fsp3) is 0.786. The zero-order chi connectivity index (χ0) is 12.5. The number of likely N-dealkylation sites (tertiary alicyclic amines) is 1. The number of carbonyl (C=O) groups is 1. The van der Waals surface area contributed by atoms with Gasteiger partial charge < -0.3 is 9.64 Å². The molecule has 1 amide bonds. The summed E-state index contributed by atoms with van der Waals surface area (Å²) in [5.41, 5.74) is -0.150. The van der Waals surface area contributed by atoms with Gasteiger partial charge in [0.05, 0.1) is 0 Å². The molecule has 3 heteroatoms. The van der Waals surface area contributed by atoms with Crippen LogP contribution in [0, 0.1) is 5.41 Å². The predicted octanol–water partition coefficient (Wildman–Crippen LogP) is 3.35. The summed E-state index contributed by atoms with van der Waals surface area (Å²) in [7, 11) is 0. The monoisotopic (exact) mass is 237 g/mol. The van der Waals surface area contributed by atoms with Gasteiger partial charge in [-0.15, -0.1) is 0 Å². The van der Waals surface area contributed by atoms with Gasteiger partial charge in [-0.05, 0) is 46.5 Å². The molecule has 1 heterocycles. The number of ether oxygens (including phenoxy) is 1. The molecule has 2 rings (SSSR count). The molecular formula is C14H23NO2. The van der Waals surface area contributed by atoms with E-state index in [1.165, 1.54) is 12.8 Å². The molecule has 1 atom stereocenters. The van der Waals surface area contributed by atoms with Crippen molar-refractivity contribution in [2.75, 3.05) is 13.1 Å². The Morgan fingerprint density at radius 3 is 2.71 bits per heavy atom. The summed E-state index contributed by atoms with van der Waals surface area (Å²) in [4.78, 5) is 13.9. The van der Waals surface area contributed by atoms with Crippen LogP contribution in [0.3, 0.4) is 0 Å². The van der Waals surface area contributed by atoms with Crippen molar-refractivity contribution in [3.63, 3.8) is 0 Å². The van der Waals surface area contributed by atoms with E-state index in [2.05, 4.69) is 12.2 Å². The van der Waals surface area contributed by atoms with Crippen LogP contribution in [0.2, 0.25) is 0 Å². The van der Waals surface area contributed by atoms with Gasteiger partial charge in [0.1, 0.15) is 5.60 Å². The molecule has 0 aromatic rings. The van der Waals surface area contributed by atoms with Crippen molar-refractivity contribution in [2.24, 2.45) is 5.41 Å². The molecule has 0 aromatic carbocycles. The SMILES string of the molecule is CC(C)(C)OC(=O)N1CCCC2(C=CCC2)C1. The lowest BCUT2D eigenvalue weighted by molar-refractivity contribution is 0.0103. The molecule has 0 aromatic heterocycles. The first-order chi connectivity index (χ1) is 7.90. The highest BCUT2D eigenvalue weighted by molar-refractivity contribution is 5.68. The molecule has 1 fully saturated rings. The van der Waals surface area contributed by atoms with Crippen molar-refractivity contribution in [3.05, 3.63) is 12.2 Å². The smallest absolute Gasteiger partial charge is 0.410 e. The van der Waals surface area contributed by atoms with Crippen LogP contribution >= 0.6 is 0 Å². The van der Waals surface area contributed by atoms with Crippen LogP contribution in [0.4, 0.5) is 4.79 Å². The van der Waals surface area contributed by atoms with Crippen molar-refractivity contribution in [1.29, 1.82) is 0 Å². The molecule has 1 aliphatic carbocycles. The van der Waals surface area contributed by atoms with Crippen LogP contribution in [0.25, 0.3) is 0 Å². The largest absolute Gasteiger partial charge is 0.444 e. The Labute approximate surface area is 104 Å². The van der Waals surface area contributed by atoms with Crippen LogP contribution in [-0.4, -0.2) is 29.7 Å². The number of hydrogen-bond acceptors (Lipinski definition) is 2. The first kappa shape index (κ1) is 12.5. The highest BCUT2D eigenvalue weighted by atomic mass is 16.6. The van der Waals surface area contributed by atoms with Crippen molar-refractivity contribution in [2.45, 2.75) is 52.1 Å². The second-order valence-corrected chi connectivity index (χ2v) is 6.31. The molecule has 3 nitrogen and oxygen atoms in total. The predicted molar refractivity (Wildman–Crippen MR) is 67.8 cm³/mol. The van der Waals surface area contributed by atoms with Crippen molar-refractivity contribution >= 4 is 6.09 Å². The van der Waals surface area contributed by atoms with E-state index in [1.54, 1.807) is 0 Å². The van der Waals surface area contributed by atoms with Crippen molar-refractivity contribution in [3.8, 4) is 0 Å². The maximum atomic E-state index is 12.0. The third-order valence-corrected chi connectivity index (χ3v) is 3.54. The number of rotatable bonds is 0. The number of piperidine rings is 1. The summed E-state index contributed by atoms with van der Waals surface area (Å²) in [6, 6.07) is 0. The molecular weight excluding hydrogens is 214 g/mol. The number of allylic oxidation sites excluding steroid dienone is 1. The number of nitrogens with zero attached hydrogens (tertiary/aromatic N) is 1. The molecule has 2 aliphatic rings. The third-order valence-electron chi connectivity index (χ3n) is 3.54. The third kappa shape index (κ3) is 3.02. The maximum Gasteiger partial charge on any atom is 0.410 e. The molecule has 0 N–H and O–H groups in total. The van der Waals surface area contributed by atoms with E-state index in [4.69, 9.17) is 4.74 Å². The highest BCUT2D eigenvalue weighted by Crippen LogP contribution is 2.40. The summed E-state index contributed by atoms with van der Waals surface area (Å²) in [5.74, 6) is 0. The summed E-state index contributed by atoms with van der Waals surface area (Å²) >= 11 is 0. The van der Waals surface area contributed by atoms with Crippen LogP contribution < -0.4 is 0 Å². The highest BCUT2D eigenvalue weighted by Gasteiger charge is 2.37. The average molecular weight is 237 g/mol. The Morgan fingerprint density at radius 1 is 1.35 bits per heavy atom. The zero-order valence-electron chi connectivity index (χ0n) is 11.2. The van der Waals surface area contributed by atoms with Crippen molar-refractivity contribution < 1.29 is 9.53 Å². The first-order valence-corrected chi connectivity index (χ1v) is 6.56. The minimum Gasteiger partial charge on any atom is -0.444 e. The van der Waals surface area contributed by atoms with Gasteiger partial charge in [0, 0.05) is 18.5 Å². The van der Waals surface area contributed by atoms with Crippen molar-refractivity contribution in [1.82, 2.24) is 4.90 Å². The van der Waals surface area contributed by atoms with E-state index < -0.39 is 5.60 Å². The Hall–Kier alpha value is -0.990. The molecule has 17 heavy (non-hydrogen) atoms. The molecule has 1 unspecified atom stereocenters. The summed E-state index contributed by atoms with van der Waals surface area (Å²) in [5, 5.41) is 0. The maximum absolute atomic E-state index is 12.0. The standard InChI is InChI=1S/C14H23NO2/c1-13(2,3)17-12(16)15-10-6-9-14(11-15)7-4-5-8-14/h4,7H,5-6,8-11H2,1-3H3.